The molecule has 20 heavy (non-hydrogen) atoms. The number of nitrogen functional groups attached to an aromatic ring is 1. The van der Waals surface area contributed by atoms with E-state index in [1.165, 1.54) is 6.07 Å². The Balaban J connectivity index is 2.35. The van der Waals surface area contributed by atoms with Gasteiger partial charge in [0.25, 0.3) is 0 Å². The predicted molar refractivity (Wildman–Crippen MR) is 74.0 cm³/mol. The summed E-state index contributed by atoms with van der Waals surface area (Å²) in [6.07, 6.45) is 3.29. The molecule has 2 aromatic rings. The number of halogens is 1. The van der Waals surface area contributed by atoms with Crippen LogP contribution in [0.15, 0.2) is 36.7 Å². The Hall–Kier alpha value is -2.63. The van der Waals surface area contributed by atoms with Gasteiger partial charge in [-0.2, -0.15) is 0 Å². The van der Waals surface area contributed by atoms with Crippen LogP contribution in [0.25, 0.3) is 0 Å². The van der Waals surface area contributed by atoms with Crippen LogP contribution in [0.2, 0.25) is 0 Å². The first-order valence-electron chi connectivity index (χ1n) is 5.98. The van der Waals surface area contributed by atoms with Crippen LogP contribution in [0.1, 0.15) is 28.9 Å². The molecule has 0 amide bonds. The molecule has 0 spiro atoms. The van der Waals surface area contributed by atoms with Crippen molar-refractivity contribution in [1.29, 1.82) is 0 Å². The van der Waals surface area contributed by atoms with Gasteiger partial charge in [0, 0.05) is 18.4 Å². The minimum Gasteiger partial charge on any atom is -0.478 e. The highest BCUT2D eigenvalue weighted by atomic mass is 19.1. The lowest BCUT2D eigenvalue weighted by Crippen LogP contribution is -2.13. The van der Waals surface area contributed by atoms with Crippen molar-refractivity contribution < 1.29 is 14.3 Å². The van der Waals surface area contributed by atoms with Gasteiger partial charge in [-0.25, -0.2) is 9.18 Å². The van der Waals surface area contributed by atoms with Gasteiger partial charge in [0.15, 0.2) is 0 Å². The first-order valence-corrected chi connectivity index (χ1v) is 5.98. The van der Waals surface area contributed by atoms with E-state index in [1.54, 1.807) is 12.4 Å². The maximum atomic E-state index is 13.4. The van der Waals surface area contributed by atoms with Crippen LogP contribution >= 0.6 is 0 Å². The van der Waals surface area contributed by atoms with Crippen molar-refractivity contribution in [1.82, 2.24) is 4.98 Å². The molecule has 0 saturated heterocycles. The van der Waals surface area contributed by atoms with Crippen LogP contribution in [-0.4, -0.2) is 16.1 Å². The molecular weight excluding hydrogens is 261 g/mol. The van der Waals surface area contributed by atoms with E-state index in [0.29, 0.717) is 0 Å². The summed E-state index contributed by atoms with van der Waals surface area (Å²) in [5.41, 5.74) is 6.07. The highest BCUT2D eigenvalue weighted by Gasteiger charge is 2.18. The van der Waals surface area contributed by atoms with Gasteiger partial charge in [-0.05, 0) is 36.8 Å². The summed E-state index contributed by atoms with van der Waals surface area (Å²) in [6, 6.07) is 5.97. The highest BCUT2D eigenvalue weighted by molar-refractivity contribution is 6.00. The van der Waals surface area contributed by atoms with Gasteiger partial charge in [-0.3, -0.25) is 4.98 Å². The molecule has 1 aromatic heterocycles. The fourth-order valence-electron chi connectivity index (χ4n) is 1.91. The second-order valence-electron chi connectivity index (χ2n) is 4.34. The van der Waals surface area contributed by atoms with Crippen LogP contribution in [0.4, 0.5) is 15.8 Å². The lowest BCUT2D eigenvalue weighted by atomic mass is 10.1. The van der Waals surface area contributed by atoms with Gasteiger partial charge in [-0.15, -0.1) is 0 Å². The van der Waals surface area contributed by atoms with Gasteiger partial charge >= 0.3 is 5.97 Å². The number of carbonyl (C=O) groups is 1. The average molecular weight is 275 g/mol. The summed E-state index contributed by atoms with van der Waals surface area (Å²) in [5, 5.41) is 12.2. The molecule has 0 radical (unpaired) electrons. The Labute approximate surface area is 115 Å². The van der Waals surface area contributed by atoms with E-state index < -0.39 is 11.8 Å². The number of carboxylic acids is 1. The van der Waals surface area contributed by atoms with Gasteiger partial charge in [-0.1, -0.05) is 0 Å². The zero-order valence-corrected chi connectivity index (χ0v) is 10.8. The molecule has 0 aliphatic carbocycles. The van der Waals surface area contributed by atoms with Gasteiger partial charge < -0.3 is 16.2 Å². The lowest BCUT2D eigenvalue weighted by Gasteiger charge is -2.18. The molecule has 0 saturated carbocycles. The number of anilines is 2. The van der Waals surface area contributed by atoms with Crippen molar-refractivity contribution in [2.24, 2.45) is 0 Å². The minimum absolute atomic E-state index is 0.166. The van der Waals surface area contributed by atoms with E-state index in [4.69, 9.17) is 10.8 Å². The van der Waals surface area contributed by atoms with Crippen molar-refractivity contribution in [2.75, 3.05) is 11.1 Å². The van der Waals surface area contributed by atoms with E-state index in [2.05, 4.69) is 10.3 Å². The van der Waals surface area contributed by atoms with E-state index in [9.17, 15) is 9.18 Å². The Bertz CT molecular complexity index is 632. The first-order chi connectivity index (χ1) is 9.50. The smallest absolute Gasteiger partial charge is 0.340 e. The molecule has 104 valence electrons. The molecule has 4 N–H and O–H groups in total. The van der Waals surface area contributed by atoms with Crippen molar-refractivity contribution in [3.8, 4) is 0 Å². The number of carboxylic acid groups (broad SMARTS) is 1. The van der Waals surface area contributed by atoms with Gasteiger partial charge in [0.1, 0.15) is 11.4 Å². The first kappa shape index (κ1) is 13.8. The number of nitrogens with two attached hydrogens (primary N) is 1. The number of nitrogens with one attached hydrogen (secondary N) is 1. The SMILES string of the molecule is CC(Nc1ccc(F)c(N)c1C(=O)O)c1ccncc1. The van der Waals surface area contributed by atoms with Crippen LogP contribution in [0, 0.1) is 5.82 Å². The number of aromatic nitrogens is 1. The number of hydrogen-bond acceptors (Lipinski definition) is 4. The summed E-state index contributed by atoms with van der Waals surface area (Å²) in [4.78, 5) is 15.1. The van der Waals surface area contributed by atoms with E-state index in [1.807, 2.05) is 19.1 Å². The average Bonchev–Trinajstić information content (AvgIpc) is 2.43. The molecule has 2 rings (SSSR count). The van der Waals surface area contributed by atoms with E-state index in [0.717, 1.165) is 11.6 Å². The molecule has 5 nitrogen and oxygen atoms in total. The highest BCUT2D eigenvalue weighted by Crippen LogP contribution is 2.28. The molecule has 1 atom stereocenters. The van der Waals surface area contributed by atoms with Gasteiger partial charge in [0.05, 0.1) is 11.4 Å². The molecule has 1 unspecified atom stereocenters. The number of nitrogens with zero attached hydrogens (tertiary/aromatic N) is 1. The third-order valence-corrected chi connectivity index (χ3v) is 2.98. The fraction of sp³-hybridized carbons (Fsp3) is 0.143. The minimum atomic E-state index is -1.27. The zero-order valence-electron chi connectivity index (χ0n) is 10.8. The molecule has 0 aliphatic rings. The Morgan fingerprint density at radius 1 is 1.35 bits per heavy atom. The number of aromatic carboxylic acids is 1. The fourth-order valence-corrected chi connectivity index (χ4v) is 1.91. The standard InChI is InChI=1S/C14H14FN3O2/c1-8(9-4-6-17-7-5-9)18-11-3-2-10(15)13(16)12(11)14(19)20/h2-8,18H,16H2,1H3,(H,19,20). The molecule has 0 aliphatic heterocycles. The largest absolute Gasteiger partial charge is 0.478 e. The normalized spacial score (nSPS) is 11.9. The van der Waals surface area contributed by atoms with Crippen LogP contribution in [0.5, 0.6) is 0 Å². The Morgan fingerprint density at radius 3 is 2.60 bits per heavy atom. The molecular formula is C14H14FN3O2. The van der Waals surface area contributed by atoms with Crippen molar-refractivity contribution in [2.45, 2.75) is 13.0 Å². The van der Waals surface area contributed by atoms with E-state index >= 15 is 0 Å². The third kappa shape index (κ3) is 2.69. The maximum absolute atomic E-state index is 13.4. The summed E-state index contributed by atoms with van der Waals surface area (Å²) in [5.74, 6) is -2.02. The summed E-state index contributed by atoms with van der Waals surface area (Å²) >= 11 is 0. The van der Waals surface area contributed by atoms with Crippen LogP contribution in [0.3, 0.4) is 0 Å². The van der Waals surface area contributed by atoms with Crippen molar-refractivity contribution >= 4 is 17.3 Å². The Morgan fingerprint density at radius 2 is 2.00 bits per heavy atom. The number of benzene rings is 1. The quantitative estimate of drug-likeness (QED) is 0.746. The summed E-state index contributed by atoms with van der Waals surface area (Å²) < 4.78 is 13.4. The molecule has 0 bridgehead atoms. The maximum Gasteiger partial charge on any atom is 0.340 e. The Kier molecular flexibility index (Phi) is 3.84. The number of hydrogen-bond donors (Lipinski definition) is 3. The van der Waals surface area contributed by atoms with Crippen molar-refractivity contribution in [3.63, 3.8) is 0 Å². The molecule has 0 fully saturated rings. The number of rotatable bonds is 4. The third-order valence-electron chi connectivity index (χ3n) is 2.98. The van der Waals surface area contributed by atoms with Gasteiger partial charge in [0.2, 0.25) is 0 Å². The van der Waals surface area contributed by atoms with E-state index in [-0.39, 0.29) is 23.0 Å². The predicted octanol–water partition coefficient (Wildman–Crippen LogP) is 2.67. The number of pyridine rings is 1. The zero-order chi connectivity index (χ0) is 14.7. The summed E-state index contributed by atoms with van der Waals surface area (Å²) in [6.45, 7) is 1.86. The second kappa shape index (κ2) is 5.56. The topological polar surface area (TPSA) is 88.2 Å². The molecule has 1 heterocycles. The van der Waals surface area contributed by atoms with Crippen LogP contribution in [-0.2, 0) is 0 Å². The van der Waals surface area contributed by atoms with Crippen molar-refractivity contribution in [3.05, 3.63) is 53.6 Å². The van der Waals surface area contributed by atoms with Crippen LogP contribution < -0.4 is 11.1 Å². The molecule has 6 heteroatoms. The second-order valence-corrected chi connectivity index (χ2v) is 4.34. The monoisotopic (exact) mass is 275 g/mol. The lowest BCUT2D eigenvalue weighted by molar-refractivity contribution is 0.0698. The molecule has 1 aromatic carbocycles. The summed E-state index contributed by atoms with van der Waals surface area (Å²) in [7, 11) is 0.